The summed E-state index contributed by atoms with van der Waals surface area (Å²) in [6.07, 6.45) is 3.89. The molecule has 0 fully saturated rings. The van der Waals surface area contributed by atoms with E-state index in [1.807, 2.05) is 54.7 Å². The van der Waals surface area contributed by atoms with E-state index < -0.39 is 12.0 Å². The summed E-state index contributed by atoms with van der Waals surface area (Å²) < 4.78 is 20.5. The van der Waals surface area contributed by atoms with Gasteiger partial charge in [0.15, 0.2) is 16.3 Å². The molecule has 0 N–H and O–H groups in total. The molecule has 0 radical (unpaired) electrons. The Morgan fingerprint density at radius 1 is 1.04 bits per heavy atom. The maximum absolute atomic E-state index is 14.2. The molecule has 230 valence electrons. The molecule has 45 heavy (non-hydrogen) atoms. The van der Waals surface area contributed by atoms with E-state index in [1.54, 1.807) is 43.7 Å². The summed E-state index contributed by atoms with van der Waals surface area (Å²) in [6, 6.07) is 18.0. The summed E-state index contributed by atoms with van der Waals surface area (Å²) in [5, 5.41) is 2.14. The molecule has 3 heterocycles. The van der Waals surface area contributed by atoms with Crippen LogP contribution in [0.1, 0.15) is 36.6 Å². The zero-order valence-electron chi connectivity index (χ0n) is 25.0. The van der Waals surface area contributed by atoms with Gasteiger partial charge in [-0.15, -0.1) is 0 Å². The third kappa shape index (κ3) is 5.67. The highest BCUT2D eigenvalue weighted by Crippen LogP contribution is 2.36. The zero-order valence-corrected chi connectivity index (χ0v) is 27.3. The van der Waals surface area contributed by atoms with Gasteiger partial charge in [-0.2, -0.15) is 0 Å². The third-order valence-corrected chi connectivity index (χ3v) is 9.27. The average Bonchev–Trinajstić information content (AvgIpc) is 3.53. The largest absolute Gasteiger partial charge is 0.493 e. The Morgan fingerprint density at radius 3 is 2.56 bits per heavy atom. The van der Waals surface area contributed by atoms with Gasteiger partial charge >= 0.3 is 5.97 Å². The number of nitrogens with zero attached hydrogens (tertiary/aromatic N) is 3. The van der Waals surface area contributed by atoms with E-state index in [4.69, 9.17) is 42.4 Å². The van der Waals surface area contributed by atoms with Crippen molar-refractivity contribution in [3.8, 4) is 11.5 Å². The minimum Gasteiger partial charge on any atom is -0.493 e. The van der Waals surface area contributed by atoms with Crippen LogP contribution in [0.4, 0.5) is 0 Å². The van der Waals surface area contributed by atoms with Gasteiger partial charge in [0, 0.05) is 39.3 Å². The van der Waals surface area contributed by atoms with Gasteiger partial charge in [-0.3, -0.25) is 9.36 Å². The fourth-order valence-corrected chi connectivity index (χ4v) is 7.13. The van der Waals surface area contributed by atoms with Crippen LogP contribution in [0.2, 0.25) is 10.0 Å². The molecule has 0 bridgehead atoms. The molecule has 1 atom stereocenters. The Balaban J connectivity index is 1.52. The molecule has 1 aliphatic rings. The average molecular weight is 663 g/mol. The molecule has 6 rings (SSSR count). The number of hydrogen-bond donors (Lipinski definition) is 0. The van der Waals surface area contributed by atoms with Crippen molar-refractivity contribution in [1.82, 2.24) is 9.13 Å². The number of halogens is 2. The molecule has 0 spiro atoms. The number of aromatic nitrogens is 2. The molecule has 0 unspecified atom stereocenters. The first-order valence-corrected chi connectivity index (χ1v) is 15.7. The summed E-state index contributed by atoms with van der Waals surface area (Å²) >= 11 is 13.9. The molecule has 1 aliphatic heterocycles. The Labute approximate surface area is 273 Å². The molecule has 5 aromatic rings. The highest BCUT2D eigenvalue weighted by atomic mass is 35.5. The monoisotopic (exact) mass is 661 g/mol. The lowest BCUT2D eigenvalue weighted by Gasteiger charge is -2.25. The second kappa shape index (κ2) is 12.6. The Kier molecular flexibility index (Phi) is 8.59. The molecule has 8 nitrogen and oxygen atoms in total. The van der Waals surface area contributed by atoms with Crippen LogP contribution < -0.4 is 24.4 Å². The number of methoxy groups -OCH3 is 2. The van der Waals surface area contributed by atoms with Crippen LogP contribution in [0.15, 0.2) is 87.9 Å². The fourth-order valence-electron chi connectivity index (χ4n) is 5.63. The number of para-hydroxylation sites is 1. The first kappa shape index (κ1) is 30.7. The van der Waals surface area contributed by atoms with Crippen LogP contribution in [-0.2, 0) is 16.1 Å². The fraction of sp³-hybridized carbons (Fsp3) is 0.206. The second-order valence-corrected chi connectivity index (χ2v) is 12.2. The van der Waals surface area contributed by atoms with Crippen LogP contribution in [0.5, 0.6) is 11.5 Å². The molecule has 0 amide bonds. The van der Waals surface area contributed by atoms with Crippen molar-refractivity contribution in [3.05, 3.63) is 125 Å². The number of ether oxygens (including phenoxy) is 3. The molecule has 0 saturated heterocycles. The van der Waals surface area contributed by atoms with Crippen molar-refractivity contribution in [2.24, 2.45) is 4.99 Å². The van der Waals surface area contributed by atoms with Crippen molar-refractivity contribution in [2.45, 2.75) is 26.4 Å². The number of allylic oxidation sites excluding steroid dienone is 1. The molecule has 0 saturated carbocycles. The number of fused-ring (bicyclic) bond motifs is 2. The number of benzene rings is 3. The summed E-state index contributed by atoms with van der Waals surface area (Å²) in [5.41, 5.74) is 3.94. The molecular formula is C34H29Cl2N3O5S. The normalized spacial score (nSPS) is 14.8. The maximum atomic E-state index is 14.2. The summed E-state index contributed by atoms with van der Waals surface area (Å²) in [4.78, 5) is 32.7. The van der Waals surface area contributed by atoms with E-state index in [9.17, 15) is 9.59 Å². The Morgan fingerprint density at radius 2 is 1.82 bits per heavy atom. The van der Waals surface area contributed by atoms with E-state index in [0.717, 1.165) is 22.0 Å². The number of rotatable bonds is 8. The van der Waals surface area contributed by atoms with Crippen molar-refractivity contribution in [2.75, 3.05) is 20.8 Å². The van der Waals surface area contributed by atoms with E-state index >= 15 is 0 Å². The van der Waals surface area contributed by atoms with Crippen LogP contribution in [0, 0.1) is 0 Å². The van der Waals surface area contributed by atoms with Gasteiger partial charge in [0.1, 0.15) is 0 Å². The lowest BCUT2D eigenvalue weighted by atomic mass is 9.95. The summed E-state index contributed by atoms with van der Waals surface area (Å²) in [5.74, 6) is 0.476. The lowest BCUT2D eigenvalue weighted by molar-refractivity contribution is -0.139. The topological polar surface area (TPSA) is 84.1 Å². The quantitative estimate of drug-likeness (QED) is 0.187. The standard InChI is InChI=1S/C34H29Cl2N3O5S/c1-5-44-33(41)30-19(2)37-34-39(31(30)20-11-13-27(42-3)28(14-20)43-4)32(40)29(45-34)15-22-18-38(26-9-7-6-8-24(22)26)17-21-10-12-23(35)16-25(21)36/h6-16,18,31H,5,17H2,1-4H3/b29-15-/t31-/m1/s1. The number of thiazole rings is 1. The van der Waals surface area contributed by atoms with Crippen molar-refractivity contribution >= 4 is 57.5 Å². The molecule has 3 aromatic carbocycles. The molecular weight excluding hydrogens is 633 g/mol. The van der Waals surface area contributed by atoms with Crippen LogP contribution >= 0.6 is 34.5 Å². The molecule has 2 aromatic heterocycles. The number of esters is 1. The van der Waals surface area contributed by atoms with Crippen LogP contribution in [-0.4, -0.2) is 35.9 Å². The Hall–Kier alpha value is -4.31. The SMILES string of the molecule is CCOC(=O)C1=C(C)N=c2s/c(=C\c3cn(Cc4ccc(Cl)cc4Cl)c4ccccc34)c(=O)n2[C@@H]1c1ccc(OC)c(OC)c1. The maximum Gasteiger partial charge on any atom is 0.338 e. The molecule has 11 heteroatoms. The van der Waals surface area contributed by atoms with Gasteiger partial charge in [-0.05, 0) is 61.4 Å². The van der Waals surface area contributed by atoms with Gasteiger partial charge in [0.25, 0.3) is 5.56 Å². The Bertz CT molecular complexity index is 2180. The van der Waals surface area contributed by atoms with Gasteiger partial charge in [-0.1, -0.05) is 64.9 Å². The van der Waals surface area contributed by atoms with Crippen molar-refractivity contribution < 1.29 is 19.0 Å². The number of carbonyl (C=O) groups is 1. The van der Waals surface area contributed by atoms with E-state index in [0.29, 0.717) is 54.3 Å². The van der Waals surface area contributed by atoms with Gasteiger partial charge < -0.3 is 18.8 Å². The van der Waals surface area contributed by atoms with E-state index in [2.05, 4.69) is 4.57 Å². The first-order chi connectivity index (χ1) is 21.7. The van der Waals surface area contributed by atoms with Crippen molar-refractivity contribution in [1.29, 1.82) is 0 Å². The minimum absolute atomic E-state index is 0.185. The second-order valence-electron chi connectivity index (χ2n) is 10.4. The smallest absolute Gasteiger partial charge is 0.338 e. The summed E-state index contributed by atoms with van der Waals surface area (Å²) in [6.45, 7) is 4.20. The van der Waals surface area contributed by atoms with Crippen molar-refractivity contribution in [3.63, 3.8) is 0 Å². The van der Waals surface area contributed by atoms with Gasteiger partial charge in [0.05, 0.1) is 42.7 Å². The highest BCUT2D eigenvalue weighted by molar-refractivity contribution is 7.07. The molecule has 0 aliphatic carbocycles. The first-order valence-electron chi connectivity index (χ1n) is 14.2. The third-order valence-electron chi connectivity index (χ3n) is 7.70. The van der Waals surface area contributed by atoms with Gasteiger partial charge in [-0.25, -0.2) is 9.79 Å². The lowest BCUT2D eigenvalue weighted by Crippen LogP contribution is -2.39. The van der Waals surface area contributed by atoms with Crippen LogP contribution in [0.3, 0.4) is 0 Å². The summed E-state index contributed by atoms with van der Waals surface area (Å²) in [7, 11) is 3.09. The zero-order chi connectivity index (χ0) is 31.8. The predicted octanol–water partition coefficient (Wildman–Crippen LogP) is 6.13. The number of carbonyl (C=O) groups excluding carboxylic acids is 1. The predicted molar refractivity (Wildman–Crippen MR) is 177 cm³/mol. The highest BCUT2D eigenvalue weighted by Gasteiger charge is 2.34. The van der Waals surface area contributed by atoms with Gasteiger partial charge in [0.2, 0.25) is 0 Å². The van der Waals surface area contributed by atoms with E-state index in [1.165, 1.54) is 18.4 Å². The minimum atomic E-state index is -0.782. The number of hydrogen-bond acceptors (Lipinski definition) is 7. The van der Waals surface area contributed by atoms with Crippen LogP contribution in [0.25, 0.3) is 17.0 Å². The van der Waals surface area contributed by atoms with E-state index in [-0.39, 0.29) is 12.2 Å².